The number of aromatic nitrogens is 2. The molecular weight excluding hydrogens is 370 g/mol. The molecule has 5 nitrogen and oxygen atoms in total. The van der Waals surface area contributed by atoms with Crippen LogP contribution in [0.25, 0.3) is 0 Å². The molecule has 1 heterocycles. The zero-order valence-corrected chi connectivity index (χ0v) is 17.5. The SMILES string of the molecule is CC(C)c1c(CC2CCCCC2)nc(SCC(=O)Nc2ccccc2)[nH]c1=O. The Labute approximate surface area is 170 Å². The zero-order valence-electron chi connectivity index (χ0n) is 16.7. The zero-order chi connectivity index (χ0) is 19.9. The van der Waals surface area contributed by atoms with E-state index in [0.29, 0.717) is 11.1 Å². The van der Waals surface area contributed by atoms with Crippen LogP contribution in [0, 0.1) is 5.92 Å². The lowest BCUT2D eigenvalue weighted by atomic mass is 9.84. The third-order valence-electron chi connectivity index (χ3n) is 5.19. The highest BCUT2D eigenvalue weighted by molar-refractivity contribution is 7.99. The van der Waals surface area contributed by atoms with Crippen molar-refractivity contribution in [3.8, 4) is 0 Å². The van der Waals surface area contributed by atoms with Crippen LogP contribution in [-0.4, -0.2) is 21.6 Å². The van der Waals surface area contributed by atoms with E-state index in [1.807, 2.05) is 44.2 Å². The summed E-state index contributed by atoms with van der Waals surface area (Å²) in [5.74, 6) is 0.845. The van der Waals surface area contributed by atoms with Crippen LogP contribution in [0.5, 0.6) is 0 Å². The average molecular weight is 400 g/mol. The van der Waals surface area contributed by atoms with E-state index in [-0.39, 0.29) is 23.1 Å². The van der Waals surface area contributed by atoms with Crippen molar-refractivity contribution in [2.75, 3.05) is 11.1 Å². The van der Waals surface area contributed by atoms with E-state index < -0.39 is 0 Å². The predicted molar refractivity (Wildman–Crippen MR) is 115 cm³/mol. The minimum Gasteiger partial charge on any atom is -0.325 e. The number of benzene rings is 1. The van der Waals surface area contributed by atoms with Crippen LogP contribution < -0.4 is 10.9 Å². The summed E-state index contributed by atoms with van der Waals surface area (Å²) in [6.07, 6.45) is 7.15. The van der Waals surface area contributed by atoms with Crippen LogP contribution in [-0.2, 0) is 11.2 Å². The number of nitrogens with zero attached hydrogens (tertiary/aromatic N) is 1. The Morgan fingerprint density at radius 3 is 2.61 bits per heavy atom. The van der Waals surface area contributed by atoms with Crippen molar-refractivity contribution in [1.82, 2.24) is 9.97 Å². The molecule has 0 unspecified atom stereocenters. The molecule has 150 valence electrons. The molecule has 0 spiro atoms. The lowest BCUT2D eigenvalue weighted by Gasteiger charge is -2.22. The summed E-state index contributed by atoms with van der Waals surface area (Å²) in [6.45, 7) is 4.08. The molecule has 1 aromatic carbocycles. The standard InChI is InChI=1S/C22H29N3O2S/c1-15(2)20-18(13-16-9-5-3-6-10-16)24-22(25-21(20)27)28-14-19(26)23-17-11-7-4-8-12-17/h4,7-8,11-12,15-16H,3,5-6,9-10,13-14H2,1-2H3,(H,23,26)(H,24,25,27). The smallest absolute Gasteiger partial charge is 0.255 e. The largest absolute Gasteiger partial charge is 0.325 e. The van der Waals surface area contributed by atoms with Gasteiger partial charge in [-0.15, -0.1) is 0 Å². The van der Waals surface area contributed by atoms with E-state index >= 15 is 0 Å². The van der Waals surface area contributed by atoms with Gasteiger partial charge in [0.05, 0.1) is 11.4 Å². The maximum absolute atomic E-state index is 12.7. The van der Waals surface area contributed by atoms with E-state index in [1.54, 1.807) is 0 Å². The molecule has 0 atom stereocenters. The average Bonchev–Trinajstić information content (AvgIpc) is 2.67. The molecule has 0 saturated heterocycles. The molecule has 0 radical (unpaired) electrons. The first kappa shape index (κ1) is 20.6. The van der Waals surface area contributed by atoms with Crippen LogP contribution in [0.15, 0.2) is 40.3 Å². The minimum absolute atomic E-state index is 0.0678. The van der Waals surface area contributed by atoms with Gasteiger partial charge in [-0.05, 0) is 30.4 Å². The summed E-state index contributed by atoms with van der Waals surface area (Å²) in [6, 6.07) is 9.36. The second-order valence-electron chi connectivity index (χ2n) is 7.80. The first-order valence-corrected chi connectivity index (χ1v) is 11.1. The molecule has 3 rings (SSSR count). The second-order valence-corrected chi connectivity index (χ2v) is 8.76. The number of H-pyrrole nitrogens is 1. The fourth-order valence-corrected chi connectivity index (χ4v) is 4.52. The van der Waals surface area contributed by atoms with Gasteiger partial charge in [-0.3, -0.25) is 9.59 Å². The van der Waals surface area contributed by atoms with Crippen LogP contribution in [0.1, 0.15) is 63.1 Å². The van der Waals surface area contributed by atoms with E-state index in [9.17, 15) is 9.59 Å². The van der Waals surface area contributed by atoms with Crippen molar-refractivity contribution in [1.29, 1.82) is 0 Å². The Morgan fingerprint density at radius 1 is 1.21 bits per heavy atom. The third kappa shape index (κ3) is 5.71. The molecule has 1 aliphatic rings. The highest BCUT2D eigenvalue weighted by Gasteiger charge is 2.21. The molecule has 0 aliphatic heterocycles. The second kappa shape index (κ2) is 9.92. The van der Waals surface area contributed by atoms with Crippen molar-refractivity contribution < 1.29 is 4.79 Å². The molecule has 6 heteroatoms. The van der Waals surface area contributed by atoms with E-state index in [4.69, 9.17) is 4.98 Å². The molecule has 0 bridgehead atoms. The fourth-order valence-electron chi connectivity index (χ4n) is 3.84. The molecule has 28 heavy (non-hydrogen) atoms. The van der Waals surface area contributed by atoms with Crippen LogP contribution in [0.4, 0.5) is 5.69 Å². The number of hydrogen-bond acceptors (Lipinski definition) is 4. The van der Waals surface area contributed by atoms with Crippen molar-refractivity contribution in [2.45, 2.75) is 63.4 Å². The number of rotatable bonds is 7. The normalized spacial score (nSPS) is 15.0. The molecule has 2 N–H and O–H groups in total. The number of aromatic amines is 1. The minimum atomic E-state index is -0.111. The molecule has 1 saturated carbocycles. The maximum Gasteiger partial charge on any atom is 0.255 e. The number of anilines is 1. The molecule has 1 aliphatic carbocycles. The number of hydrogen-bond donors (Lipinski definition) is 2. The quantitative estimate of drug-likeness (QED) is 0.520. The monoisotopic (exact) mass is 399 g/mol. The van der Waals surface area contributed by atoms with Gasteiger partial charge < -0.3 is 10.3 Å². The molecule has 1 amide bonds. The highest BCUT2D eigenvalue weighted by Crippen LogP contribution is 2.28. The fraction of sp³-hybridized carbons (Fsp3) is 0.500. The van der Waals surface area contributed by atoms with Crippen molar-refractivity contribution in [3.63, 3.8) is 0 Å². The molecule has 1 aromatic heterocycles. The third-order valence-corrected chi connectivity index (χ3v) is 6.07. The van der Waals surface area contributed by atoms with Crippen LogP contribution >= 0.6 is 11.8 Å². The van der Waals surface area contributed by atoms with Crippen molar-refractivity contribution in [3.05, 3.63) is 51.9 Å². The number of para-hydroxylation sites is 1. The molecular formula is C22H29N3O2S. The topological polar surface area (TPSA) is 74.8 Å². The summed E-state index contributed by atoms with van der Waals surface area (Å²) in [5.41, 5.74) is 2.41. The summed E-state index contributed by atoms with van der Waals surface area (Å²) in [5, 5.41) is 3.39. The van der Waals surface area contributed by atoms with Crippen molar-refractivity contribution >= 4 is 23.4 Å². The van der Waals surface area contributed by atoms with E-state index in [1.165, 1.54) is 43.9 Å². The van der Waals surface area contributed by atoms with Gasteiger partial charge in [-0.2, -0.15) is 0 Å². The maximum atomic E-state index is 12.7. The lowest BCUT2D eigenvalue weighted by Crippen LogP contribution is -2.23. The van der Waals surface area contributed by atoms with Crippen molar-refractivity contribution in [2.24, 2.45) is 5.92 Å². The summed E-state index contributed by atoms with van der Waals surface area (Å²) >= 11 is 1.28. The van der Waals surface area contributed by atoms with Gasteiger partial charge >= 0.3 is 0 Å². The Kier molecular flexibility index (Phi) is 7.31. The Bertz CT molecular complexity index is 843. The van der Waals surface area contributed by atoms with Gasteiger partial charge in [-0.25, -0.2) is 4.98 Å². The Balaban J connectivity index is 1.70. The molecule has 1 fully saturated rings. The molecule has 2 aromatic rings. The number of thioether (sulfide) groups is 1. The number of amides is 1. The highest BCUT2D eigenvalue weighted by atomic mass is 32.2. The van der Waals surface area contributed by atoms with Crippen LogP contribution in [0.2, 0.25) is 0 Å². The van der Waals surface area contributed by atoms with Gasteiger partial charge in [0.2, 0.25) is 5.91 Å². The Morgan fingerprint density at radius 2 is 1.93 bits per heavy atom. The Hall–Kier alpha value is -2.08. The van der Waals surface area contributed by atoms with Crippen LogP contribution in [0.3, 0.4) is 0 Å². The first-order valence-electron chi connectivity index (χ1n) is 10.1. The van der Waals surface area contributed by atoms with Gasteiger partial charge in [0.1, 0.15) is 0 Å². The number of carbonyl (C=O) groups is 1. The van der Waals surface area contributed by atoms with E-state index in [2.05, 4.69) is 10.3 Å². The van der Waals surface area contributed by atoms with Gasteiger partial charge in [-0.1, -0.05) is 75.9 Å². The predicted octanol–water partition coefficient (Wildman–Crippen LogP) is 4.75. The number of nitrogens with one attached hydrogen (secondary N) is 2. The lowest BCUT2D eigenvalue weighted by molar-refractivity contribution is -0.113. The van der Waals surface area contributed by atoms with E-state index in [0.717, 1.165) is 23.4 Å². The van der Waals surface area contributed by atoms with Gasteiger partial charge in [0.25, 0.3) is 5.56 Å². The summed E-state index contributed by atoms with van der Waals surface area (Å²) < 4.78 is 0. The number of carbonyl (C=O) groups excluding carboxylic acids is 1. The van der Waals surface area contributed by atoms with Gasteiger partial charge in [0, 0.05) is 11.3 Å². The summed E-state index contributed by atoms with van der Waals surface area (Å²) in [4.78, 5) is 32.5. The summed E-state index contributed by atoms with van der Waals surface area (Å²) in [7, 11) is 0. The first-order chi connectivity index (χ1) is 13.5. The van der Waals surface area contributed by atoms with Gasteiger partial charge in [0.15, 0.2) is 5.16 Å².